The van der Waals surface area contributed by atoms with Gasteiger partial charge in [0.05, 0.1) is 5.60 Å². The second kappa shape index (κ2) is 4.25. The monoisotopic (exact) mass is 184 g/mol. The molecule has 1 saturated carbocycles. The molecule has 0 amide bonds. The zero-order valence-electron chi connectivity index (χ0n) is 8.42. The van der Waals surface area contributed by atoms with Crippen molar-refractivity contribution in [3.63, 3.8) is 0 Å². The molecule has 0 unspecified atom stereocenters. The normalized spacial score (nSPS) is 36.8. The van der Waals surface area contributed by atoms with Gasteiger partial charge in [-0.2, -0.15) is 0 Å². The van der Waals surface area contributed by atoms with Gasteiger partial charge in [0.1, 0.15) is 0 Å². The Kier molecular flexibility index (Phi) is 3.51. The summed E-state index contributed by atoms with van der Waals surface area (Å²) < 4.78 is 0. The Morgan fingerprint density at radius 1 is 1.62 bits per heavy atom. The van der Waals surface area contributed by atoms with Crippen molar-refractivity contribution in [2.75, 3.05) is 6.61 Å². The van der Waals surface area contributed by atoms with Gasteiger partial charge in [-0.1, -0.05) is 18.6 Å². The van der Waals surface area contributed by atoms with Gasteiger partial charge in [0.25, 0.3) is 0 Å². The van der Waals surface area contributed by atoms with Crippen LogP contribution >= 0.6 is 0 Å². The zero-order valence-corrected chi connectivity index (χ0v) is 8.42. The molecule has 0 heterocycles. The van der Waals surface area contributed by atoms with E-state index in [1.165, 1.54) is 0 Å². The summed E-state index contributed by atoms with van der Waals surface area (Å²) >= 11 is 0. The highest BCUT2D eigenvalue weighted by molar-refractivity contribution is 5.02. The van der Waals surface area contributed by atoms with Crippen LogP contribution < -0.4 is 0 Å². The molecule has 0 bridgehead atoms. The Morgan fingerprint density at radius 2 is 2.31 bits per heavy atom. The second-order valence-electron chi connectivity index (χ2n) is 4.57. The lowest BCUT2D eigenvalue weighted by Crippen LogP contribution is -2.27. The molecule has 2 heteroatoms. The molecule has 0 spiro atoms. The Bertz CT molecular complexity index is 185. The van der Waals surface area contributed by atoms with Crippen LogP contribution in [0.2, 0.25) is 0 Å². The number of aliphatic hydroxyl groups is 2. The Labute approximate surface area is 80.3 Å². The summed E-state index contributed by atoms with van der Waals surface area (Å²) in [5, 5.41) is 18.9. The summed E-state index contributed by atoms with van der Waals surface area (Å²) in [6.45, 7) is 6.06. The van der Waals surface area contributed by atoms with E-state index < -0.39 is 5.60 Å². The van der Waals surface area contributed by atoms with E-state index in [9.17, 15) is 5.11 Å². The van der Waals surface area contributed by atoms with Crippen LogP contribution in [0.4, 0.5) is 0 Å². The maximum atomic E-state index is 9.89. The van der Waals surface area contributed by atoms with Gasteiger partial charge in [-0.3, -0.25) is 0 Å². The van der Waals surface area contributed by atoms with Crippen LogP contribution in [0.5, 0.6) is 0 Å². The molecule has 1 rings (SSSR count). The number of aliphatic hydroxyl groups excluding tert-OH is 1. The minimum Gasteiger partial charge on any atom is -0.396 e. The molecule has 13 heavy (non-hydrogen) atoms. The van der Waals surface area contributed by atoms with Gasteiger partial charge in [-0.25, -0.2) is 0 Å². The highest BCUT2D eigenvalue weighted by Crippen LogP contribution is 2.30. The summed E-state index contributed by atoms with van der Waals surface area (Å²) in [5.74, 6) is 0.364. The van der Waals surface area contributed by atoms with Crippen LogP contribution in [-0.4, -0.2) is 22.4 Å². The summed E-state index contributed by atoms with van der Waals surface area (Å²) in [5.41, 5.74) is 0.501. The summed E-state index contributed by atoms with van der Waals surface area (Å²) in [6.07, 6.45) is 4.38. The van der Waals surface area contributed by atoms with Crippen molar-refractivity contribution in [1.29, 1.82) is 0 Å². The Balaban J connectivity index is 2.53. The minimum atomic E-state index is -0.572. The van der Waals surface area contributed by atoms with Crippen molar-refractivity contribution in [2.45, 2.75) is 44.6 Å². The SMILES string of the molecule is C=C1C[C@H](CO)CCC[C@](C)(O)C1. The fourth-order valence-electron chi connectivity index (χ4n) is 2.14. The molecule has 1 aliphatic carbocycles. The van der Waals surface area contributed by atoms with E-state index in [0.29, 0.717) is 12.3 Å². The third-order valence-corrected chi connectivity index (χ3v) is 2.79. The quantitative estimate of drug-likeness (QED) is 0.611. The fourth-order valence-corrected chi connectivity index (χ4v) is 2.14. The first-order valence-corrected chi connectivity index (χ1v) is 5.03. The molecule has 1 fully saturated rings. The van der Waals surface area contributed by atoms with Gasteiger partial charge >= 0.3 is 0 Å². The van der Waals surface area contributed by atoms with Gasteiger partial charge in [-0.15, -0.1) is 0 Å². The minimum absolute atomic E-state index is 0.251. The van der Waals surface area contributed by atoms with Crippen molar-refractivity contribution >= 4 is 0 Å². The first-order chi connectivity index (χ1) is 6.03. The number of rotatable bonds is 1. The van der Waals surface area contributed by atoms with E-state index in [0.717, 1.165) is 31.3 Å². The Hall–Kier alpha value is -0.340. The van der Waals surface area contributed by atoms with Gasteiger partial charge < -0.3 is 10.2 Å². The standard InChI is InChI=1S/C11H20O2/c1-9-6-10(8-12)4-3-5-11(2,13)7-9/h10,12-13H,1,3-8H2,2H3/t10-,11+/m1/s1. The van der Waals surface area contributed by atoms with Crippen molar-refractivity contribution in [3.05, 3.63) is 12.2 Å². The molecule has 76 valence electrons. The predicted molar refractivity (Wildman–Crippen MR) is 53.4 cm³/mol. The molecule has 0 aromatic rings. The zero-order chi connectivity index (χ0) is 9.90. The average Bonchev–Trinajstić information content (AvgIpc) is 1.98. The van der Waals surface area contributed by atoms with Crippen LogP contribution in [0.1, 0.15) is 39.0 Å². The van der Waals surface area contributed by atoms with Crippen molar-refractivity contribution in [1.82, 2.24) is 0 Å². The van der Waals surface area contributed by atoms with Crippen LogP contribution in [-0.2, 0) is 0 Å². The first-order valence-electron chi connectivity index (χ1n) is 5.03. The molecular formula is C11H20O2. The Morgan fingerprint density at radius 3 is 2.92 bits per heavy atom. The topological polar surface area (TPSA) is 40.5 Å². The molecule has 2 atom stereocenters. The van der Waals surface area contributed by atoms with E-state index in [2.05, 4.69) is 6.58 Å². The van der Waals surface area contributed by atoms with E-state index in [1.54, 1.807) is 0 Å². The van der Waals surface area contributed by atoms with Gasteiger partial charge in [0, 0.05) is 6.61 Å². The van der Waals surface area contributed by atoms with Gasteiger partial charge in [-0.05, 0) is 38.5 Å². The highest BCUT2D eigenvalue weighted by atomic mass is 16.3. The largest absolute Gasteiger partial charge is 0.396 e. The maximum Gasteiger partial charge on any atom is 0.0656 e. The third-order valence-electron chi connectivity index (χ3n) is 2.79. The van der Waals surface area contributed by atoms with E-state index in [-0.39, 0.29) is 6.61 Å². The van der Waals surface area contributed by atoms with Crippen molar-refractivity contribution in [3.8, 4) is 0 Å². The van der Waals surface area contributed by atoms with Crippen molar-refractivity contribution < 1.29 is 10.2 Å². The van der Waals surface area contributed by atoms with Crippen LogP contribution in [0.25, 0.3) is 0 Å². The lowest BCUT2D eigenvalue weighted by Gasteiger charge is -2.29. The van der Waals surface area contributed by atoms with Crippen LogP contribution in [0.3, 0.4) is 0 Å². The number of hydrogen-bond acceptors (Lipinski definition) is 2. The molecule has 2 nitrogen and oxygen atoms in total. The average molecular weight is 184 g/mol. The van der Waals surface area contributed by atoms with E-state index in [4.69, 9.17) is 5.11 Å². The molecule has 1 aliphatic rings. The first kappa shape index (κ1) is 10.7. The molecular weight excluding hydrogens is 164 g/mol. The third kappa shape index (κ3) is 3.49. The summed E-state index contributed by atoms with van der Waals surface area (Å²) in [7, 11) is 0. The molecule has 0 aromatic heterocycles. The lowest BCUT2D eigenvalue weighted by molar-refractivity contribution is 0.0396. The van der Waals surface area contributed by atoms with Crippen LogP contribution in [0, 0.1) is 5.92 Å². The molecule has 0 aliphatic heterocycles. The molecule has 0 radical (unpaired) electrons. The van der Waals surface area contributed by atoms with E-state index >= 15 is 0 Å². The van der Waals surface area contributed by atoms with Crippen molar-refractivity contribution in [2.24, 2.45) is 5.92 Å². The fraction of sp³-hybridized carbons (Fsp3) is 0.818. The maximum absolute atomic E-state index is 9.89. The molecule has 0 aromatic carbocycles. The predicted octanol–water partition coefficient (Wildman–Crippen LogP) is 1.87. The smallest absolute Gasteiger partial charge is 0.0656 e. The second-order valence-corrected chi connectivity index (χ2v) is 4.57. The molecule has 2 N–H and O–H groups in total. The van der Waals surface area contributed by atoms with Crippen LogP contribution in [0.15, 0.2) is 12.2 Å². The van der Waals surface area contributed by atoms with E-state index in [1.807, 2.05) is 6.92 Å². The molecule has 0 saturated heterocycles. The van der Waals surface area contributed by atoms with Gasteiger partial charge in [0.2, 0.25) is 0 Å². The van der Waals surface area contributed by atoms with Gasteiger partial charge in [0.15, 0.2) is 0 Å². The summed E-state index contributed by atoms with van der Waals surface area (Å²) in [4.78, 5) is 0. The highest BCUT2D eigenvalue weighted by Gasteiger charge is 2.25. The number of hydrogen-bond donors (Lipinski definition) is 2. The summed E-state index contributed by atoms with van der Waals surface area (Å²) in [6, 6.07) is 0. The lowest BCUT2D eigenvalue weighted by atomic mass is 9.82.